The maximum Gasteiger partial charge on any atom is 0.452 e. The molecule has 1 fully saturated rings. The van der Waals surface area contributed by atoms with Gasteiger partial charge in [-0.3, -0.25) is 29.3 Å². The third kappa shape index (κ3) is 6.57. The minimum atomic E-state index is -5.19. The molecule has 1 aliphatic heterocycles. The predicted molar refractivity (Wildman–Crippen MR) is 130 cm³/mol. The number of carbonyl (C=O) groups excluding carboxylic acids is 5. The van der Waals surface area contributed by atoms with E-state index in [-0.39, 0.29) is 24.3 Å². The summed E-state index contributed by atoms with van der Waals surface area (Å²) in [5, 5.41) is 4.83. The lowest BCUT2D eigenvalue weighted by molar-refractivity contribution is -0.175. The second-order valence-electron chi connectivity index (χ2n) is 10.2. The van der Waals surface area contributed by atoms with Crippen molar-refractivity contribution in [2.45, 2.75) is 64.3 Å². The maximum atomic E-state index is 13.6. The second kappa shape index (κ2) is 11.6. The average Bonchev–Trinajstić information content (AvgIpc) is 3.35. The summed E-state index contributed by atoms with van der Waals surface area (Å²) in [5.41, 5.74) is 8.06. The van der Waals surface area contributed by atoms with Crippen LogP contribution in [0.4, 0.5) is 13.2 Å². The molecule has 2 rings (SSSR count). The Morgan fingerprint density at radius 2 is 1.68 bits per heavy atom. The van der Waals surface area contributed by atoms with Crippen LogP contribution >= 0.6 is 0 Å². The highest BCUT2D eigenvalue weighted by Gasteiger charge is 2.55. The van der Waals surface area contributed by atoms with Gasteiger partial charge in [-0.25, -0.2) is 0 Å². The predicted octanol–water partition coefficient (Wildman–Crippen LogP) is 1.05. The van der Waals surface area contributed by atoms with Crippen LogP contribution in [0.5, 0.6) is 5.75 Å². The normalized spacial score (nSPS) is 19.5. The second-order valence-corrected chi connectivity index (χ2v) is 10.2. The lowest BCUT2D eigenvalue weighted by Crippen LogP contribution is -2.68. The van der Waals surface area contributed by atoms with Gasteiger partial charge in [-0.1, -0.05) is 27.7 Å². The van der Waals surface area contributed by atoms with E-state index in [9.17, 15) is 37.1 Å². The van der Waals surface area contributed by atoms with Crippen molar-refractivity contribution in [1.82, 2.24) is 10.6 Å². The summed E-state index contributed by atoms with van der Waals surface area (Å²) in [4.78, 5) is 62.9. The van der Waals surface area contributed by atoms with Crippen LogP contribution in [0.1, 0.15) is 50.9 Å². The highest BCUT2D eigenvalue weighted by Crippen LogP contribution is 2.30. The zero-order valence-electron chi connectivity index (χ0n) is 21.6. The molecule has 0 spiro atoms. The number of nitrogens with two attached hydrogens (primary N) is 2. The van der Waals surface area contributed by atoms with Crippen LogP contribution < -0.4 is 26.8 Å². The van der Waals surface area contributed by atoms with Crippen LogP contribution in [0.3, 0.4) is 0 Å². The van der Waals surface area contributed by atoms with Crippen molar-refractivity contribution in [3.05, 3.63) is 29.8 Å². The van der Waals surface area contributed by atoms with Gasteiger partial charge in [0.15, 0.2) is 17.1 Å². The highest BCUT2D eigenvalue weighted by molar-refractivity contribution is 6.15. The van der Waals surface area contributed by atoms with Gasteiger partial charge in [0.25, 0.3) is 5.78 Å². The molecule has 210 valence electrons. The zero-order chi connectivity index (χ0) is 29.1. The van der Waals surface area contributed by atoms with E-state index in [0.29, 0.717) is 6.42 Å². The monoisotopic (exact) mass is 542 g/mol. The fraction of sp³-hybridized carbons (Fsp3) is 0.560. The number of carbonyl (C=O) groups is 5. The first-order valence-electron chi connectivity index (χ1n) is 12.0. The van der Waals surface area contributed by atoms with E-state index >= 15 is 0 Å². The molecule has 1 heterocycles. The molecule has 0 radical (unpaired) electrons. The number of Topliss-reactive ketones (excluding diaryl/α,β-unsaturated/α-hetero) is 3. The minimum Gasteiger partial charge on any atom is -0.486 e. The van der Waals surface area contributed by atoms with Crippen LogP contribution in [0, 0.1) is 11.3 Å². The molecule has 2 amide bonds. The number of ether oxygens (including phenoxy) is 1. The van der Waals surface area contributed by atoms with Gasteiger partial charge in [0, 0.05) is 11.0 Å². The number of rotatable bonds is 12. The largest absolute Gasteiger partial charge is 0.486 e. The summed E-state index contributed by atoms with van der Waals surface area (Å²) in [5.74, 6) is -6.02. The van der Waals surface area contributed by atoms with Gasteiger partial charge >= 0.3 is 6.18 Å². The summed E-state index contributed by atoms with van der Waals surface area (Å²) in [7, 11) is 0. The highest BCUT2D eigenvalue weighted by atomic mass is 19.4. The van der Waals surface area contributed by atoms with Crippen LogP contribution in [-0.4, -0.2) is 66.1 Å². The van der Waals surface area contributed by atoms with E-state index in [4.69, 9.17) is 16.2 Å². The van der Waals surface area contributed by atoms with E-state index in [1.165, 1.54) is 52.0 Å². The first-order chi connectivity index (χ1) is 17.4. The molecule has 1 aromatic rings. The van der Waals surface area contributed by atoms with Crippen molar-refractivity contribution in [3.8, 4) is 5.75 Å². The first kappa shape index (κ1) is 30.9. The molecule has 6 N–H and O–H groups in total. The summed E-state index contributed by atoms with van der Waals surface area (Å²) in [6.07, 6.45) is -4.93. The van der Waals surface area contributed by atoms with Crippen molar-refractivity contribution in [2.24, 2.45) is 22.8 Å². The average molecular weight is 543 g/mol. The fourth-order valence-electron chi connectivity index (χ4n) is 4.05. The van der Waals surface area contributed by atoms with E-state index in [2.05, 4.69) is 10.6 Å². The zero-order valence-corrected chi connectivity index (χ0v) is 21.6. The van der Waals surface area contributed by atoms with E-state index < -0.39 is 70.9 Å². The molecular formula is C25H33F3N4O6. The van der Waals surface area contributed by atoms with Gasteiger partial charge in [0.2, 0.25) is 11.8 Å². The number of nitrogens with one attached hydrogen (secondary N) is 2. The maximum absolute atomic E-state index is 13.6. The van der Waals surface area contributed by atoms with E-state index in [1.807, 2.05) is 0 Å². The number of primary amides is 1. The minimum absolute atomic E-state index is 0.0800. The number of amides is 2. The van der Waals surface area contributed by atoms with Crippen molar-refractivity contribution in [1.29, 1.82) is 0 Å². The topological polar surface area (TPSA) is 171 Å². The van der Waals surface area contributed by atoms with E-state index in [0.717, 1.165) is 0 Å². The van der Waals surface area contributed by atoms with Crippen molar-refractivity contribution < 1.29 is 41.9 Å². The Morgan fingerprint density at radius 3 is 2.13 bits per heavy atom. The number of hydrogen-bond acceptors (Lipinski definition) is 8. The molecule has 0 bridgehead atoms. The third-order valence-corrected chi connectivity index (χ3v) is 6.77. The van der Waals surface area contributed by atoms with Gasteiger partial charge in [0.1, 0.15) is 12.4 Å². The summed E-state index contributed by atoms with van der Waals surface area (Å²) in [6.45, 7) is 5.15. The Kier molecular flexibility index (Phi) is 9.43. The molecule has 0 aliphatic carbocycles. The molecular weight excluding hydrogens is 509 g/mol. The number of ketones is 3. The molecule has 1 aromatic carbocycles. The van der Waals surface area contributed by atoms with E-state index in [1.54, 1.807) is 0 Å². The number of halogens is 3. The molecule has 38 heavy (non-hydrogen) atoms. The Bertz CT molecular complexity index is 1080. The van der Waals surface area contributed by atoms with Gasteiger partial charge in [-0.2, -0.15) is 13.2 Å². The molecule has 13 heteroatoms. The standard InChI is InChI=1S/C25H33F3N4O6/c1-13(2)17(19(34)25(26,27)28)32-22(37)24(10-5-11-31-24)20(35)18(29)23(3,4)16(33)12-38-15-8-6-14(7-9-15)21(30)36/h6-9,13,17-18,31H,5,10-12,29H2,1-4H3,(H2,30,36)(H,32,37)/t17?,18-,24+/m1/s1. The smallest absolute Gasteiger partial charge is 0.452 e. The van der Waals surface area contributed by atoms with Crippen LogP contribution in [0.25, 0.3) is 0 Å². The van der Waals surface area contributed by atoms with Crippen LogP contribution in [0.15, 0.2) is 24.3 Å². The number of benzene rings is 1. The molecule has 0 aromatic heterocycles. The van der Waals surface area contributed by atoms with Crippen molar-refractivity contribution in [3.63, 3.8) is 0 Å². The number of alkyl halides is 3. The molecule has 1 saturated heterocycles. The molecule has 3 atom stereocenters. The van der Waals surface area contributed by atoms with Crippen LogP contribution in [-0.2, 0) is 19.2 Å². The van der Waals surface area contributed by atoms with Crippen LogP contribution in [0.2, 0.25) is 0 Å². The fourth-order valence-corrected chi connectivity index (χ4v) is 4.05. The van der Waals surface area contributed by atoms with Crippen molar-refractivity contribution in [2.75, 3.05) is 13.2 Å². The SMILES string of the molecule is CC(C)C(NC(=O)[C@@]1(C(=O)[C@@H](N)C(C)(C)C(=O)COc2ccc(C(N)=O)cc2)CCCN1)C(=O)C(F)(F)F. The summed E-state index contributed by atoms with van der Waals surface area (Å²) < 4.78 is 44.7. The Morgan fingerprint density at radius 1 is 1.11 bits per heavy atom. The molecule has 1 unspecified atom stereocenters. The lowest BCUT2D eigenvalue weighted by Gasteiger charge is -2.36. The number of hydrogen-bond donors (Lipinski definition) is 4. The third-order valence-electron chi connectivity index (χ3n) is 6.77. The molecule has 10 nitrogen and oxygen atoms in total. The van der Waals surface area contributed by atoms with Crippen molar-refractivity contribution >= 4 is 29.2 Å². The summed E-state index contributed by atoms with van der Waals surface area (Å²) >= 11 is 0. The Hall–Kier alpha value is -3.32. The lowest BCUT2D eigenvalue weighted by atomic mass is 9.73. The van der Waals surface area contributed by atoms with Gasteiger partial charge < -0.3 is 21.5 Å². The quantitative estimate of drug-likeness (QED) is 0.284. The molecule has 0 saturated carbocycles. The van der Waals surface area contributed by atoms with Gasteiger partial charge in [0.05, 0.1) is 12.1 Å². The molecule has 1 aliphatic rings. The van der Waals surface area contributed by atoms with Gasteiger partial charge in [-0.05, 0) is 49.6 Å². The summed E-state index contributed by atoms with van der Waals surface area (Å²) in [6, 6.07) is 2.23. The van der Waals surface area contributed by atoms with Gasteiger partial charge in [-0.15, -0.1) is 0 Å². The Labute approximate surface area is 218 Å². The first-order valence-corrected chi connectivity index (χ1v) is 12.0. The Balaban J connectivity index is 2.21.